The maximum Gasteiger partial charge on any atom is 0.337 e. The second-order valence-electron chi connectivity index (χ2n) is 10.1. The number of nitrogens with zero attached hydrogens (tertiary/aromatic N) is 3. The van der Waals surface area contributed by atoms with Gasteiger partial charge in [0.05, 0.1) is 17.6 Å². The summed E-state index contributed by atoms with van der Waals surface area (Å²) in [4.78, 5) is 44.3. The molecule has 0 radical (unpaired) electrons. The Morgan fingerprint density at radius 2 is 1.92 bits per heavy atom. The quantitative estimate of drug-likeness (QED) is 0.250. The van der Waals surface area contributed by atoms with Gasteiger partial charge in [-0.05, 0) is 44.0 Å². The van der Waals surface area contributed by atoms with Crippen LogP contribution in [0.1, 0.15) is 44.2 Å². The standard InChI is InChI=1S/C28H32N4O6/c1-17-23(26(33)37-4)25(20-6-5-7-22(14-20)32(35)36)24(18(2)30-17)27(34)38-28(3)12-13-31(16-28)15-19-8-10-21(29)11-9-19/h5-11,14,23,25H,12-13,15-16,29H2,1-4H3. The van der Waals surface area contributed by atoms with Crippen molar-refractivity contribution in [2.45, 2.75) is 45.3 Å². The molecule has 200 valence electrons. The largest absolute Gasteiger partial charge is 0.468 e. The molecule has 2 aromatic carbocycles. The molecule has 0 aliphatic carbocycles. The highest BCUT2D eigenvalue weighted by Gasteiger charge is 2.45. The first kappa shape index (κ1) is 27.0. The number of nitro groups is 1. The number of rotatable bonds is 7. The second-order valence-corrected chi connectivity index (χ2v) is 10.1. The van der Waals surface area contributed by atoms with E-state index in [9.17, 15) is 19.7 Å². The minimum Gasteiger partial charge on any atom is -0.468 e. The molecule has 0 aromatic heterocycles. The third-order valence-electron chi connectivity index (χ3n) is 7.18. The fourth-order valence-electron chi connectivity index (χ4n) is 5.33. The number of ether oxygens (including phenoxy) is 2. The van der Waals surface area contributed by atoms with Gasteiger partial charge in [0.15, 0.2) is 0 Å². The molecule has 2 N–H and O–H groups in total. The summed E-state index contributed by atoms with van der Waals surface area (Å²) in [7, 11) is 1.26. The Balaban J connectivity index is 1.62. The Morgan fingerprint density at radius 1 is 1.21 bits per heavy atom. The molecular weight excluding hydrogens is 488 g/mol. The Hall–Kier alpha value is -4.05. The van der Waals surface area contributed by atoms with Crippen LogP contribution >= 0.6 is 0 Å². The highest BCUT2D eigenvalue weighted by atomic mass is 16.6. The number of aliphatic imine (C=N–C) groups is 1. The predicted octanol–water partition coefficient (Wildman–Crippen LogP) is 4.01. The smallest absolute Gasteiger partial charge is 0.337 e. The number of allylic oxidation sites excluding steroid dienone is 1. The van der Waals surface area contributed by atoms with Crippen molar-refractivity contribution in [2.75, 3.05) is 25.9 Å². The zero-order valence-electron chi connectivity index (χ0n) is 22.0. The molecule has 0 saturated carbocycles. The maximum atomic E-state index is 13.8. The van der Waals surface area contributed by atoms with Crippen LogP contribution in [0.2, 0.25) is 0 Å². The first-order valence-corrected chi connectivity index (χ1v) is 12.4. The topological polar surface area (TPSA) is 137 Å². The molecule has 2 aliphatic heterocycles. The normalized spacial score (nSPS) is 23.6. The van der Waals surface area contributed by atoms with Crippen molar-refractivity contribution in [1.82, 2.24) is 4.90 Å². The van der Waals surface area contributed by atoms with Gasteiger partial charge in [0.2, 0.25) is 0 Å². The van der Waals surface area contributed by atoms with Gasteiger partial charge in [0.1, 0.15) is 11.5 Å². The Bertz CT molecular complexity index is 1320. The van der Waals surface area contributed by atoms with Crippen LogP contribution in [0.5, 0.6) is 0 Å². The maximum absolute atomic E-state index is 13.8. The molecule has 2 aromatic rings. The summed E-state index contributed by atoms with van der Waals surface area (Å²) in [6.07, 6.45) is 0.629. The minimum atomic E-state index is -0.924. The molecule has 3 unspecified atom stereocenters. The van der Waals surface area contributed by atoms with E-state index in [-0.39, 0.29) is 11.3 Å². The summed E-state index contributed by atoms with van der Waals surface area (Å²) in [6.45, 7) is 7.22. The van der Waals surface area contributed by atoms with E-state index < -0.39 is 34.3 Å². The van der Waals surface area contributed by atoms with Crippen LogP contribution in [0.15, 0.2) is 64.8 Å². The molecule has 0 amide bonds. The van der Waals surface area contributed by atoms with Crippen molar-refractivity contribution >= 4 is 29.0 Å². The van der Waals surface area contributed by atoms with Crippen LogP contribution in [-0.4, -0.2) is 53.3 Å². The summed E-state index contributed by atoms with van der Waals surface area (Å²) in [5.74, 6) is -2.95. The van der Waals surface area contributed by atoms with Crippen molar-refractivity contribution in [2.24, 2.45) is 10.9 Å². The van der Waals surface area contributed by atoms with Crippen LogP contribution < -0.4 is 5.73 Å². The number of hydrogen-bond donors (Lipinski definition) is 1. The zero-order valence-corrected chi connectivity index (χ0v) is 22.0. The van der Waals surface area contributed by atoms with Gasteiger partial charge < -0.3 is 15.2 Å². The molecule has 2 aliphatic rings. The molecule has 2 heterocycles. The lowest BCUT2D eigenvalue weighted by molar-refractivity contribution is -0.384. The lowest BCUT2D eigenvalue weighted by Crippen LogP contribution is -2.40. The number of anilines is 1. The first-order chi connectivity index (χ1) is 18.0. The minimum absolute atomic E-state index is 0.141. The Morgan fingerprint density at radius 3 is 2.58 bits per heavy atom. The molecule has 10 heteroatoms. The van der Waals surface area contributed by atoms with Gasteiger partial charge in [-0.1, -0.05) is 24.3 Å². The lowest BCUT2D eigenvalue weighted by Gasteiger charge is -2.33. The molecule has 38 heavy (non-hydrogen) atoms. The van der Waals surface area contributed by atoms with E-state index in [2.05, 4.69) is 9.89 Å². The number of methoxy groups -OCH3 is 1. The van der Waals surface area contributed by atoms with Crippen LogP contribution in [0, 0.1) is 16.0 Å². The molecule has 4 rings (SSSR count). The summed E-state index contributed by atoms with van der Waals surface area (Å²) in [6, 6.07) is 13.6. The molecule has 0 bridgehead atoms. The SMILES string of the molecule is COC(=O)C1C(C)=NC(C)=C(C(=O)OC2(C)CCN(Cc3ccc(N)cc3)C2)C1c1cccc([N+](=O)[O-])c1. The van der Waals surface area contributed by atoms with Crippen molar-refractivity contribution in [3.05, 3.63) is 81.0 Å². The summed E-state index contributed by atoms with van der Waals surface area (Å²) < 4.78 is 11.1. The number of nitro benzene ring substituents is 1. The average molecular weight is 521 g/mol. The number of likely N-dealkylation sites (tertiary alicyclic amines) is 1. The number of carbonyl (C=O) groups is 2. The number of nitrogen functional groups attached to an aromatic ring is 1. The highest BCUT2D eigenvalue weighted by Crippen LogP contribution is 2.42. The van der Waals surface area contributed by atoms with Crippen LogP contribution in [0.4, 0.5) is 11.4 Å². The average Bonchev–Trinajstić information content (AvgIpc) is 3.24. The zero-order chi connectivity index (χ0) is 27.6. The number of esters is 2. The summed E-state index contributed by atoms with van der Waals surface area (Å²) in [5.41, 5.74) is 8.21. The van der Waals surface area contributed by atoms with E-state index in [1.54, 1.807) is 19.9 Å². The molecule has 10 nitrogen and oxygen atoms in total. The van der Waals surface area contributed by atoms with Gasteiger partial charge >= 0.3 is 11.9 Å². The van der Waals surface area contributed by atoms with E-state index in [4.69, 9.17) is 15.2 Å². The Labute approximate surface area is 221 Å². The number of carbonyl (C=O) groups excluding carboxylic acids is 2. The van der Waals surface area contributed by atoms with E-state index in [0.29, 0.717) is 42.2 Å². The van der Waals surface area contributed by atoms with Crippen molar-refractivity contribution in [3.63, 3.8) is 0 Å². The van der Waals surface area contributed by atoms with Crippen LogP contribution in [-0.2, 0) is 25.6 Å². The molecular formula is C28H32N4O6. The summed E-state index contributed by atoms with van der Waals surface area (Å²) >= 11 is 0. The van der Waals surface area contributed by atoms with Gasteiger partial charge in [0, 0.05) is 61.2 Å². The van der Waals surface area contributed by atoms with Gasteiger partial charge in [-0.2, -0.15) is 0 Å². The van der Waals surface area contributed by atoms with E-state index >= 15 is 0 Å². The van der Waals surface area contributed by atoms with Gasteiger partial charge in [0.25, 0.3) is 5.69 Å². The molecule has 1 saturated heterocycles. The van der Waals surface area contributed by atoms with E-state index in [1.165, 1.54) is 25.3 Å². The number of benzene rings is 2. The monoisotopic (exact) mass is 520 g/mol. The van der Waals surface area contributed by atoms with Crippen molar-refractivity contribution in [3.8, 4) is 0 Å². The van der Waals surface area contributed by atoms with Gasteiger partial charge in [-0.25, -0.2) is 4.79 Å². The van der Waals surface area contributed by atoms with Gasteiger partial charge in [-0.15, -0.1) is 0 Å². The third kappa shape index (κ3) is 5.60. The summed E-state index contributed by atoms with van der Waals surface area (Å²) in [5, 5.41) is 11.5. The number of hydrogen-bond acceptors (Lipinski definition) is 9. The Kier molecular flexibility index (Phi) is 7.63. The van der Waals surface area contributed by atoms with Crippen LogP contribution in [0.25, 0.3) is 0 Å². The fourth-order valence-corrected chi connectivity index (χ4v) is 5.33. The number of non-ortho nitro benzene ring substituents is 1. The lowest BCUT2D eigenvalue weighted by atomic mass is 9.75. The van der Waals surface area contributed by atoms with E-state index in [1.807, 2.05) is 31.2 Å². The second kappa shape index (κ2) is 10.7. The highest BCUT2D eigenvalue weighted by molar-refractivity contribution is 6.07. The fraction of sp³-hybridized carbons (Fsp3) is 0.393. The predicted molar refractivity (Wildman–Crippen MR) is 142 cm³/mol. The van der Waals surface area contributed by atoms with Crippen molar-refractivity contribution < 1.29 is 24.0 Å². The van der Waals surface area contributed by atoms with E-state index in [0.717, 1.165) is 12.1 Å². The molecule has 3 atom stereocenters. The van der Waals surface area contributed by atoms with Crippen LogP contribution in [0.3, 0.4) is 0 Å². The first-order valence-electron chi connectivity index (χ1n) is 12.4. The van der Waals surface area contributed by atoms with Gasteiger partial charge in [-0.3, -0.25) is 24.8 Å². The van der Waals surface area contributed by atoms with Crippen molar-refractivity contribution in [1.29, 1.82) is 0 Å². The third-order valence-corrected chi connectivity index (χ3v) is 7.18. The molecule has 0 spiro atoms. The molecule has 1 fully saturated rings. The number of nitrogens with two attached hydrogens (primary N) is 1.